The molecule has 1 rings (SSSR count). The first kappa shape index (κ1) is 47.6. The molecule has 0 aromatic carbocycles. The maximum Gasteiger partial charge on any atom is 0.219 e. The van der Waals surface area contributed by atoms with Gasteiger partial charge in [0.1, 0.15) is 9.84 Å². The average Bonchev–Trinajstić information content (AvgIpc) is 2.79. The molecule has 0 atom stereocenters. The molecule has 1 N–H and O–H groups in total. The zero-order valence-electron chi connectivity index (χ0n) is 27.0. The first-order valence-electron chi connectivity index (χ1n) is 14.7. The third-order valence-corrected chi connectivity index (χ3v) is 5.74. The smallest absolute Gasteiger partial charge is 0.219 e. The van der Waals surface area contributed by atoms with Crippen LogP contribution in [0.4, 0.5) is 0 Å². The molecule has 0 unspecified atom stereocenters. The molecular weight excluding hydrogens is 454 g/mol. The largest absolute Gasteiger partial charge is 0.359 e. The summed E-state index contributed by atoms with van der Waals surface area (Å²) in [7, 11) is -1.04. The van der Waals surface area contributed by atoms with Gasteiger partial charge in [-0.05, 0) is 18.3 Å². The van der Waals surface area contributed by atoms with E-state index in [1.807, 2.05) is 13.8 Å². The van der Waals surface area contributed by atoms with Crippen LogP contribution in [0.2, 0.25) is 0 Å². The van der Waals surface area contributed by atoms with Gasteiger partial charge in [0.05, 0.1) is 0 Å². The van der Waals surface area contributed by atoms with E-state index in [0.29, 0.717) is 12.2 Å². The fraction of sp³-hybridized carbons (Fsp3) is 0.967. The number of hydrogen-bond acceptors (Lipinski definition) is 3. The zero-order chi connectivity index (χ0) is 29.1. The Morgan fingerprint density at radius 1 is 0.829 bits per heavy atom. The molecule has 0 bridgehead atoms. The van der Waals surface area contributed by atoms with Crippen molar-refractivity contribution in [1.29, 1.82) is 0 Å². The highest BCUT2D eigenvalue weighted by atomic mass is 32.2. The normalized spacial score (nSPS) is 11.3. The van der Waals surface area contributed by atoms with Gasteiger partial charge in [-0.1, -0.05) is 147 Å². The van der Waals surface area contributed by atoms with Crippen LogP contribution in [0.25, 0.3) is 0 Å². The van der Waals surface area contributed by atoms with Crippen LogP contribution in [-0.4, -0.2) is 33.4 Å². The predicted octanol–water partition coefficient (Wildman–Crippen LogP) is 9.86. The Hall–Kier alpha value is -0.580. The average molecular weight is 526 g/mol. The van der Waals surface area contributed by atoms with Gasteiger partial charge in [0.15, 0.2) is 0 Å². The molecule has 1 saturated carbocycles. The van der Waals surface area contributed by atoms with E-state index in [1.54, 1.807) is 7.05 Å². The van der Waals surface area contributed by atoms with E-state index in [1.165, 1.54) is 70.5 Å². The van der Waals surface area contributed by atoms with Crippen LogP contribution in [0, 0.1) is 11.8 Å². The predicted molar refractivity (Wildman–Crippen MR) is 164 cm³/mol. The summed E-state index contributed by atoms with van der Waals surface area (Å²) >= 11 is 0. The van der Waals surface area contributed by atoms with Crippen LogP contribution in [0.5, 0.6) is 0 Å². The minimum absolute atomic E-state index is 0.0926. The van der Waals surface area contributed by atoms with E-state index >= 15 is 0 Å². The fourth-order valence-corrected chi connectivity index (χ4v) is 2.26. The molecule has 1 fully saturated rings. The van der Waals surface area contributed by atoms with Gasteiger partial charge in [0, 0.05) is 25.5 Å². The third kappa shape index (κ3) is 97.2. The highest BCUT2D eigenvalue weighted by Gasteiger charge is 2.09. The highest BCUT2D eigenvalue weighted by molar-refractivity contribution is 7.90. The summed E-state index contributed by atoms with van der Waals surface area (Å²) in [6.45, 7) is 25.7. The molecule has 220 valence electrons. The molecule has 0 saturated heterocycles. The van der Waals surface area contributed by atoms with Gasteiger partial charge < -0.3 is 5.32 Å². The first-order valence-corrected chi connectivity index (χ1v) is 16.7. The molecule has 0 aromatic heterocycles. The van der Waals surface area contributed by atoms with Gasteiger partial charge in [-0.15, -0.1) is 0 Å². The summed E-state index contributed by atoms with van der Waals surface area (Å²) < 4.78 is 20.5. The molecule has 5 heteroatoms. The highest BCUT2D eigenvalue weighted by Crippen LogP contribution is 2.24. The van der Waals surface area contributed by atoms with Crippen LogP contribution in [0.3, 0.4) is 0 Å². The number of amides is 1. The van der Waals surface area contributed by atoms with E-state index in [4.69, 9.17) is 0 Å². The Morgan fingerprint density at radius 2 is 1.17 bits per heavy atom. The van der Waals surface area contributed by atoms with Crippen molar-refractivity contribution in [3.05, 3.63) is 0 Å². The van der Waals surface area contributed by atoms with E-state index in [2.05, 4.69) is 74.6 Å². The van der Waals surface area contributed by atoms with Crippen LogP contribution in [-0.2, 0) is 14.6 Å². The van der Waals surface area contributed by atoms with Crippen LogP contribution in [0.1, 0.15) is 160 Å². The molecule has 35 heavy (non-hydrogen) atoms. The van der Waals surface area contributed by atoms with Gasteiger partial charge in [-0.2, -0.15) is 0 Å². The summed E-state index contributed by atoms with van der Waals surface area (Å²) in [5, 5.41) is 2.48. The molecule has 1 amide bonds. The molecule has 1 aliphatic rings. The second-order valence-corrected chi connectivity index (χ2v) is 11.8. The molecule has 0 spiro atoms. The van der Waals surface area contributed by atoms with Gasteiger partial charge in [0.2, 0.25) is 5.91 Å². The molecule has 0 aromatic rings. The van der Waals surface area contributed by atoms with Crippen molar-refractivity contribution in [2.24, 2.45) is 11.8 Å². The Kier molecular flexibility index (Phi) is 59.1. The minimum Gasteiger partial charge on any atom is -0.359 e. The summed E-state index contributed by atoms with van der Waals surface area (Å²) in [4.78, 5) is 10.1. The number of carbonyl (C=O) groups excluding carboxylic acids is 1. The Labute approximate surface area is 225 Å². The lowest BCUT2D eigenvalue weighted by atomic mass is 9.88. The van der Waals surface area contributed by atoms with Crippen molar-refractivity contribution < 1.29 is 13.2 Å². The standard InChI is InChI=1S/C5H10.2C5H12.C4H9NO.C4H10O2S.C4H10.C3H8/c1-5-3-2-4-5;1-4-5(2)3;1-3-5-4-2;1-3-4(6)5-2;1-3-4-7(2,5)6;1-3-4-2;1-3-2/h5H,2-4H2,1H3;5H,4H2,1-3H3;3-5H2,1-2H3;3H2,1-2H3,(H,5,6);3-4H2,1-2H3;3-4H2,1-2H3;3H2,1-2H3. The Balaban J connectivity index is -0.0000000710. The quantitative estimate of drug-likeness (QED) is 0.359. The molecule has 1 aliphatic carbocycles. The minimum atomic E-state index is -2.67. The van der Waals surface area contributed by atoms with Crippen LogP contribution < -0.4 is 5.32 Å². The van der Waals surface area contributed by atoms with Gasteiger partial charge in [-0.25, -0.2) is 8.42 Å². The topological polar surface area (TPSA) is 63.2 Å². The summed E-state index contributed by atoms with van der Waals surface area (Å²) in [6, 6.07) is 0. The van der Waals surface area contributed by atoms with Gasteiger partial charge in [-0.3, -0.25) is 4.79 Å². The van der Waals surface area contributed by atoms with Crippen LogP contribution in [0.15, 0.2) is 0 Å². The van der Waals surface area contributed by atoms with Gasteiger partial charge >= 0.3 is 0 Å². The van der Waals surface area contributed by atoms with Crippen LogP contribution >= 0.6 is 0 Å². The summed E-state index contributed by atoms with van der Waals surface area (Å²) in [6.07, 6.45) is 16.3. The monoisotopic (exact) mass is 526 g/mol. The number of nitrogens with one attached hydrogen (secondary N) is 1. The number of hydrogen-bond donors (Lipinski definition) is 1. The number of carbonyl (C=O) groups is 1. The maximum absolute atomic E-state index is 10.2. The first-order chi connectivity index (χ1) is 16.3. The molecular formula is C30H71NO3S. The van der Waals surface area contributed by atoms with E-state index in [-0.39, 0.29) is 5.91 Å². The van der Waals surface area contributed by atoms with E-state index in [9.17, 15) is 13.2 Å². The van der Waals surface area contributed by atoms with Crippen molar-refractivity contribution in [3.63, 3.8) is 0 Å². The molecule has 4 nitrogen and oxygen atoms in total. The van der Waals surface area contributed by atoms with Crippen molar-refractivity contribution in [3.8, 4) is 0 Å². The van der Waals surface area contributed by atoms with E-state index < -0.39 is 9.84 Å². The van der Waals surface area contributed by atoms with E-state index in [0.717, 1.165) is 18.3 Å². The van der Waals surface area contributed by atoms with Crippen molar-refractivity contribution in [2.45, 2.75) is 160 Å². The SMILES string of the molecule is CC1CCC1.CCC.CCC(=O)NC.CCC(C)C.CCCC.CCCCC.CCCS(C)(=O)=O. The maximum atomic E-state index is 10.2. The molecule has 0 heterocycles. The number of sulfone groups is 1. The summed E-state index contributed by atoms with van der Waals surface area (Å²) in [5.74, 6) is 2.35. The second-order valence-electron chi connectivity index (χ2n) is 9.56. The molecule has 0 radical (unpaired) electrons. The zero-order valence-corrected chi connectivity index (χ0v) is 27.8. The number of unbranched alkanes of at least 4 members (excludes halogenated alkanes) is 3. The Morgan fingerprint density at radius 3 is 1.17 bits per heavy atom. The lowest BCUT2D eigenvalue weighted by molar-refractivity contribution is -0.120. The lowest BCUT2D eigenvalue weighted by Crippen LogP contribution is -2.15. The van der Waals surface area contributed by atoms with Crippen molar-refractivity contribution in [1.82, 2.24) is 5.32 Å². The lowest BCUT2D eigenvalue weighted by Gasteiger charge is -2.18. The second kappa shape index (κ2) is 43.5. The number of rotatable bonds is 7. The van der Waals surface area contributed by atoms with Crippen molar-refractivity contribution in [2.75, 3.05) is 19.1 Å². The van der Waals surface area contributed by atoms with Gasteiger partial charge in [0.25, 0.3) is 0 Å². The fourth-order valence-electron chi connectivity index (χ4n) is 1.51. The molecule has 0 aliphatic heterocycles. The third-order valence-electron chi connectivity index (χ3n) is 4.59. The summed E-state index contributed by atoms with van der Waals surface area (Å²) in [5.41, 5.74) is 0. The van der Waals surface area contributed by atoms with Crippen molar-refractivity contribution >= 4 is 15.7 Å². The Bertz CT molecular complexity index is 417.